The van der Waals surface area contributed by atoms with Crippen LogP contribution in [-0.2, 0) is 6.42 Å². The number of rotatable bonds is 2. The van der Waals surface area contributed by atoms with Crippen LogP contribution < -0.4 is 11.3 Å². The van der Waals surface area contributed by atoms with Gasteiger partial charge in [0, 0.05) is 12.6 Å². The zero-order valence-corrected chi connectivity index (χ0v) is 7.33. The Labute approximate surface area is 75.4 Å². The van der Waals surface area contributed by atoms with Crippen molar-refractivity contribution in [3.63, 3.8) is 0 Å². The number of aromatic nitrogens is 3. The highest BCUT2D eigenvalue weighted by atomic mass is 15.3. The van der Waals surface area contributed by atoms with Gasteiger partial charge in [0.15, 0.2) is 5.82 Å². The third-order valence-corrected chi connectivity index (χ3v) is 1.91. The highest BCUT2D eigenvalue weighted by Gasteiger charge is 2.05. The first kappa shape index (κ1) is 8.00. The van der Waals surface area contributed by atoms with Crippen LogP contribution in [0.4, 0.5) is 5.82 Å². The highest BCUT2D eigenvalue weighted by molar-refractivity contribution is 5.86. The van der Waals surface area contributed by atoms with Crippen LogP contribution in [-0.4, -0.2) is 15.0 Å². The number of aryl methyl sites for hydroxylation is 1. The molecule has 0 atom stereocenters. The molecule has 0 aliphatic heterocycles. The fourth-order valence-corrected chi connectivity index (χ4v) is 1.26. The third kappa shape index (κ3) is 1.23. The molecule has 68 valence electrons. The summed E-state index contributed by atoms with van der Waals surface area (Å²) in [7, 11) is 0. The minimum absolute atomic E-state index is 0.670. The van der Waals surface area contributed by atoms with Crippen molar-refractivity contribution in [3.8, 4) is 0 Å². The molecule has 13 heavy (non-hydrogen) atoms. The molecule has 0 bridgehead atoms. The first-order chi connectivity index (χ1) is 6.35. The van der Waals surface area contributed by atoms with E-state index in [1.165, 1.54) is 0 Å². The lowest BCUT2D eigenvalue weighted by Crippen LogP contribution is -2.10. The van der Waals surface area contributed by atoms with Crippen molar-refractivity contribution in [1.82, 2.24) is 15.0 Å². The van der Waals surface area contributed by atoms with Gasteiger partial charge < -0.3 is 10.4 Å². The number of hydrogen-bond donors (Lipinski definition) is 3. The van der Waals surface area contributed by atoms with Crippen molar-refractivity contribution < 1.29 is 0 Å². The number of nitrogens with one attached hydrogen (secondary N) is 2. The average Bonchev–Trinajstić information content (AvgIpc) is 2.63. The molecule has 2 aromatic heterocycles. The molecule has 0 radical (unpaired) electrons. The van der Waals surface area contributed by atoms with Gasteiger partial charge in [-0.15, -0.1) is 0 Å². The SMILES string of the molecule is CCc1nc(NN)c2cc[nH]c2n1. The predicted octanol–water partition coefficient (Wildman–Crippen LogP) is 0.806. The van der Waals surface area contributed by atoms with Gasteiger partial charge in [-0.1, -0.05) is 6.92 Å². The van der Waals surface area contributed by atoms with Crippen molar-refractivity contribution in [3.05, 3.63) is 18.1 Å². The summed E-state index contributed by atoms with van der Waals surface area (Å²) >= 11 is 0. The summed E-state index contributed by atoms with van der Waals surface area (Å²) < 4.78 is 0. The van der Waals surface area contributed by atoms with E-state index in [2.05, 4.69) is 20.4 Å². The van der Waals surface area contributed by atoms with Crippen LogP contribution in [0.15, 0.2) is 12.3 Å². The van der Waals surface area contributed by atoms with Crippen LogP contribution >= 0.6 is 0 Å². The maximum atomic E-state index is 5.34. The minimum atomic E-state index is 0.670. The van der Waals surface area contributed by atoms with Gasteiger partial charge in [0.1, 0.15) is 11.5 Å². The van der Waals surface area contributed by atoms with Gasteiger partial charge in [-0.05, 0) is 6.07 Å². The molecular weight excluding hydrogens is 166 g/mol. The fourth-order valence-electron chi connectivity index (χ4n) is 1.26. The first-order valence-corrected chi connectivity index (χ1v) is 4.15. The number of nitrogens with zero attached hydrogens (tertiary/aromatic N) is 2. The van der Waals surface area contributed by atoms with E-state index in [1.54, 1.807) is 0 Å². The number of fused-ring (bicyclic) bond motifs is 1. The summed E-state index contributed by atoms with van der Waals surface area (Å²) in [5.41, 5.74) is 3.38. The standard InChI is InChI=1S/C8H11N5/c1-2-6-11-7-5(3-4-10-7)8(12-6)13-9/h3-4H,2,9H2,1H3,(H2,10,11,12,13). The monoisotopic (exact) mass is 177 g/mol. The van der Waals surface area contributed by atoms with Crippen molar-refractivity contribution in [2.75, 3.05) is 5.43 Å². The van der Waals surface area contributed by atoms with Crippen molar-refractivity contribution >= 4 is 16.9 Å². The van der Waals surface area contributed by atoms with Crippen LogP contribution in [0, 0.1) is 0 Å². The van der Waals surface area contributed by atoms with E-state index in [1.807, 2.05) is 19.2 Å². The summed E-state index contributed by atoms with van der Waals surface area (Å²) in [6.07, 6.45) is 2.61. The summed E-state index contributed by atoms with van der Waals surface area (Å²) in [6.45, 7) is 2.00. The molecule has 0 aliphatic rings. The lowest BCUT2D eigenvalue weighted by Gasteiger charge is -2.02. The number of hydrazine groups is 1. The smallest absolute Gasteiger partial charge is 0.153 e. The second-order valence-electron chi connectivity index (χ2n) is 2.73. The molecule has 2 aromatic rings. The summed E-state index contributed by atoms with van der Waals surface area (Å²) in [6, 6.07) is 1.89. The predicted molar refractivity (Wildman–Crippen MR) is 51.1 cm³/mol. The van der Waals surface area contributed by atoms with Crippen molar-refractivity contribution in [1.29, 1.82) is 0 Å². The lowest BCUT2D eigenvalue weighted by atomic mass is 10.3. The zero-order valence-electron chi connectivity index (χ0n) is 7.33. The molecule has 0 fully saturated rings. The van der Waals surface area contributed by atoms with E-state index in [4.69, 9.17) is 5.84 Å². The molecule has 2 heterocycles. The van der Waals surface area contributed by atoms with Crippen LogP contribution in [0.25, 0.3) is 11.0 Å². The molecule has 5 heteroatoms. The molecule has 4 N–H and O–H groups in total. The van der Waals surface area contributed by atoms with E-state index in [-0.39, 0.29) is 0 Å². The Balaban J connectivity index is 2.70. The number of H-pyrrole nitrogens is 1. The maximum absolute atomic E-state index is 5.34. The molecule has 0 aromatic carbocycles. The topological polar surface area (TPSA) is 79.6 Å². The Morgan fingerprint density at radius 1 is 1.54 bits per heavy atom. The largest absolute Gasteiger partial charge is 0.346 e. The minimum Gasteiger partial charge on any atom is -0.346 e. The number of nitrogens with two attached hydrogens (primary N) is 1. The highest BCUT2D eigenvalue weighted by Crippen LogP contribution is 2.17. The molecule has 0 amide bonds. The summed E-state index contributed by atoms with van der Waals surface area (Å²) in [4.78, 5) is 11.6. The Hall–Kier alpha value is -1.62. The molecule has 0 spiro atoms. The Bertz CT molecular complexity index is 419. The molecular formula is C8H11N5. The molecule has 5 nitrogen and oxygen atoms in total. The molecule has 0 unspecified atom stereocenters. The van der Waals surface area contributed by atoms with Crippen LogP contribution in [0.2, 0.25) is 0 Å². The summed E-state index contributed by atoms with van der Waals surface area (Å²) in [5, 5.41) is 0.916. The zero-order chi connectivity index (χ0) is 9.26. The molecule has 0 saturated carbocycles. The van der Waals surface area contributed by atoms with E-state index < -0.39 is 0 Å². The van der Waals surface area contributed by atoms with Gasteiger partial charge in [-0.3, -0.25) is 0 Å². The number of hydrogen-bond acceptors (Lipinski definition) is 4. The van der Waals surface area contributed by atoms with Gasteiger partial charge in [0.2, 0.25) is 0 Å². The quantitative estimate of drug-likeness (QED) is 0.468. The van der Waals surface area contributed by atoms with Gasteiger partial charge in [-0.25, -0.2) is 15.8 Å². The van der Waals surface area contributed by atoms with Gasteiger partial charge >= 0.3 is 0 Å². The average molecular weight is 177 g/mol. The second-order valence-corrected chi connectivity index (χ2v) is 2.73. The van der Waals surface area contributed by atoms with E-state index >= 15 is 0 Å². The number of nitrogen functional groups attached to an aromatic ring is 1. The van der Waals surface area contributed by atoms with E-state index in [9.17, 15) is 0 Å². The Kier molecular flexibility index (Phi) is 1.86. The van der Waals surface area contributed by atoms with E-state index in [0.29, 0.717) is 5.82 Å². The van der Waals surface area contributed by atoms with Crippen molar-refractivity contribution in [2.45, 2.75) is 13.3 Å². The van der Waals surface area contributed by atoms with Gasteiger partial charge in [0.25, 0.3) is 0 Å². The summed E-state index contributed by atoms with van der Waals surface area (Å²) in [5.74, 6) is 6.79. The normalized spacial score (nSPS) is 10.6. The Morgan fingerprint density at radius 2 is 2.38 bits per heavy atom. The third-order valence-electron chi connectivity index (χ3n) is 1.91. The Morgan fingerprint density at radius 3 is 3.08 bits per heavy atom. The van der Waals surface area contributed by atoms with Gasteiger partial charge in [-0.2, -0.15) is 0 Å². The fraction of sp³-hybridized carbons (Fsp3) is 0.250. The molecule has 2 rings (SSSR count). The molecule has 0 saturated heterocycles. The van der Waals surface area contributed by atoms with Gasteiger partial charge in [0.05, 0.1) is 5.39 Å². The lowest BCUT2D eigenvalue weighted by molar-refractivity contribution is 0.954. The maximum Gasteiger partial charge on any atom is 0.153 e. The van der Waals surface area contributed by atoms with Crippen LogP contribution in [0.5, 0.6) is 0 Å². The second kappa shape index (κ2) is 3.02. The van der Waals surface area contributed by atoms with Crippen LogP contribution in [0.3, 0.4) is 0 Å². The molecule has 0 aliphatic carbocycles. The van der Waals surface area contributed by atoms with E-state index in [0.717, 1.165) is 23.3 Å². The number of aromatic amines is 1. The van der Waals surface area contributed by atoms with Crippen LogP contribution in [0.1, 0.15) is 12.7 Å². The number of anilines is 1. The van der Waals surface area contributed by atoms with Crippen molar-refractivity contribution in [2.24, 2.45) is 5.84 Å². The first-order valence-electron chi connectivity index (χ1n) is 4.15.